The molecule has 1 aliphatic heterocycles. The number of Topliss-reactive ketones (excluding diaryl/α,β-unsaturated/α-hetero) is 1. The maximum atomic E-state index is 13.5. The van der Waals surface area contributed by atoms with Crippen molar-refractivity contribution in [3.63, 3.8) is 0 Å². The molecule has 1 fully saturated rings. The highest BCUT2D eigenvalue weighted by molar-refractivity contribution is 7.22. The summed E-state index contributed by atoms with van der Waals surface area (Å²) in [6, 6.07) is 20.7. The molecule has 8 heteroatoms. The quantitative estimate of drug-likeness (QED) is 0.115. The van der Waals surface area contributed by atoms with Crippen LogP contribution in [0, 0.1) is 0 Å². The summed E-state index contributed by atoms with van der Waals surface area (Å²) < 4.78 is 12.4. The number of ether oxygens (including phenoxy) is 2. The van der Waals surface area contributed by atoms with Gasteiger partial charge < -0.3 is 14.6 Å². The van der Waals surface area contributed by atoms with E-state index in [1.807, 2.05) is 55.5 Å². The minimum Gasteiger partial charge on any atom is -0.507 e. The van der Waals surface area contributed by atoms with Gasteiger partial charge >= 0.3 is 5.91 Å². The number of hydrogen-bond acceptors (Lipinski definition) is 7. The molecule has 3 aromatic carbocycles. The molecule has 1 amide bonds. The SMILES string of the molecule is CCCCOc1cccc(C2/C(=C(\O)c3ccccc3)C(=O)C(=O)N2c2nc3ccc(OCC)cc3s2)c1. The fraction of sp³-hybridized carbons (Fsp3) is 0.233. The number of unbranched alkanes of at least 4 members (excludes halogenated alkanes) is 1. The van der Waals surface area contributed by atoms with Gasteiger partial charge in [-0.3, -0.25) is 14.5 Å². The fourth-order valence-electron chi connectivity index (χ4n) is 4.46. The van der Waals surface area contributed by atoms with Crippen molar-refractivity contribution >= 4 is 44.1 Å². The molecule has 0 saturated carbocycles. The van der Waals surface area contributed by atoms with E-state index in [0.717, 1.165) is 17.5 Å². The number of carbonyl (C=O) groups is 2. The number of rotatable bonds is 9. The molecule has 1 unspecified atom stereocenters. The first kappa shape index (κ1) is 25.5. The van der Waals surface area contributed by atoms with Crippen LogP contribution in [0.15, 0.2) is 78.4 Å². The summed E-state index contributed by atoms with van der Waals surface area (Å²) in [6.45, 7) is 5.09. The van der Waals surface area contributed by atoms with Gasteiger partial charge in [0.05, 0.1) is 35.0 Å². The van der Waals surface area contributed by atoms with Crippen molar-refractivity contribution < 1.29 is 24.2 Å². The molecular formula is C30H28N2O5S. The number of benzene rings is 3. The molecule has 0 aliphatic carbocycles. The number of ketones is 1. The summed E-state index contributed by atoms with van der Waals surface area (Å²) in [5.41, 5.74) is 1.80. The van der Waals surface area contributed by atoms with E-state index in [1.165, 1.54) is 16.2 Å². The molecule has 38 heavy (non-hydrogen) atoms. The number of aliphatic hydroxyl groups excluding tert-OH is 1. The average Bonchev–Trinajstić information content (AvgIpc) is 3.47. The lowest BCUT2D eigenvalue weighted by Crippen LogP contribution is -2.29. The molecule has 1 atom stereocenters. The summed E-state index contributed by atoms with van der Waals surface area (Å²) in [5.74, 6) is -0.396. The van der Waals surface area contributed by atoms with Gasteiger partial charge in [0.2, 0.25) is 0 Å². The molecular weight excluding hydrogens is 500 g/mol. The fourth-order valence-corrected chi connectivity index (χ4v) is 5.48. The summed E-state index contributed by atoms with van der Waals surface area (Å²) in [7, 11) is 0. The van der Waals surface area contributed by atoms with Gasteiger partial charge in [-0.2, -0.15) is 0 Å². The number of hydrogen-bond donors (Lipinski definition) is 1. The summed E-state index contributed by atoms with van der Waals surface area (Å²) in [5, 5.41) is 11.7. The lowest BCUT2D eigenvalue weighted by atomic mass is 9.95. The van der Waals surface area contributed by atoms with Gasteiger partial charge in [0.15, 0.2) is 5.13 Å². The Morgan fingerprint density at radius 1 is 0.974 bits per heavy atom. The zero-order chi connectivity index (χ0) is 26.6. The molecule has 1 N–H and O–H groups in total. The number of aliphatic hydroxyl groups is 1. The average molecular weight is 529 g/mol. The van der Waals surface area contributed by atoms with Gasteiger partial charge in [-0.15, -0.1) is 0 Å². The minimum absolute atomic E-state index is 0.0150. The van der Waals surface area contributed by atoms with Crippen LogP contribution in [-0.2, 0) is 9.59 Å². The third kappa shape index (κ3) is 4.87. The lowest BCUT2D eigenvalue weighted by molar-refractivity contribution is -0.132. The van der Waals surface area contributed by atoms with Crippen LogP contribution in [0.2, 0.25) is 0 Å². The Labute approximate surface area is 225 Å². The predicted octanol–water partition coefficient (Wildman–Crippen LogP) is 6.50. The number of anilines is 1. The van der Waals surface area contributed by atoms with Crippen LogP contribution < -0.4 is 14.4 Å². The van der Waals surface area contributed by atoms with E-state index in [9.17, 15) is 14.7 Å². The maximum Gasteiger partial charge on any atom is 0.301 e. The van der Waals surface area contributed by atoms with Crippen molar-refractivity contribution in [3.05, 3.63) is 89.5 Å². The van der Waals surface area contributed by atoms with Crippen molar-refractivity contribution in [2.45, 2.75) is 32.7 Å². The molecule has 1 saturated heterocycles. The van der Waals surface area contributed by atoms with Crippen molar-refractivity contribution in [3.8, 4) is 11.5 Å². The Kier molecular flexibility index (Phi) is 7.42. The van der Waals surface area contributed by atoms with Gasteiger partial charge in [-0.25, -0.2) is 4.98 Å². The van der Waals surface area contributed by atoms with Gasteiger partial charge in [-0.1, -0.05) is 67.1 Å². The molecule has 0 radical (unpaired) electrons. The Bertz CT molecular complexity index is 1510. The minimum atomic E-state index is -0.878. The topological polar surface area (TPSA) is 89.0 Å². The normalized spacial score (nSPS) is 16.8. The van der Waals surface area contributed by atoms with Crippen LogP contribution in [-0.4, -0.2) is 35.0 Å². The van der Waals surface area contributed by atoms with Gasteiger partial charge in [0.25, 0.3) is 5.78 Å². The third-order valence-electron chi connectivity index (χ3n) is 6.30. The molecule has 4 aromatic rings. The number of carbonyl (C=O) groups excluding carboxylic acids is 2. The molecule has 0 bridgehead atoms. The maximum absolute atomic E-state index is 13.5. The Balaban J connectivity index is 1.65. The highest BCUT2D eigenvalue weighted by Gasteiger charge is 2.48. The number of nitrogens with zero attached hydrogens (tertiary/aromatic N) is 2. The molecule has 194 valence electrons. The van der Waals surface area contributed by atoms with E-state index >= 15 is 0 Å². The summed E-state index contributed by atoms with van der Waals surface area (Å²) in [4.78, 5) is 33.0. The Morgan fingerprint density at radius 2 is 1.76 bits per heavy atom. The molecule has 5 rings (SSSR count). The number of thiazole rings is 1. The van der Waals surface area contributed by atoms with E-state index in [2.05, 4.69) is 11.9 Å². The highest BCUT2D eigenvalue weighted by atomic mass is 32.1. The van der Waals surface area contributed by atoms with E-state index in [0.29, 0.717) is 46.5 Å². The number of amides is 1. The van der Waals surface area contributed by atoms with Crippen molar-refractivity contribution in [1.82, 2.24) is 4.98 Å². The number of fused-ring (bicyclic) bond motifs is 1. The van der Waals surface area contributed by atoms with Crippen LogP contribution >= 0.6 is 11.3 Å². The molecule has 1 aromatic heterocycles. The van der Waals surface area contributed by atoms with E-state index in [-0.39, 0.29) is 11.3 Å². The van der Waals surface area contributed by atoms with Crippen LogP contribution in [0.25, 0.3) is 16.0 Å². The Hall–Kier alpha value is -4.17. The zero-order valence-electron chi connectivity index (χ0n) is 21.2. The molecule has 7 nitrogen and oxygen atoms in total. The van der Waals surface area contributed by atoms with Crippen LogP contribution in [0.4, 0.5) is 5.13 Å². The van der Waals surface area contributed by atoms with E-state index in [4.69, 9.17) is 9.47 Å². The first-order chi connectivity index (χ1) is 18.5. The van der Waals surface area contributed by atoms with E-state index < -0.39 is 17.7 Å². The molecule has 0 spiro atoms. The standard InChI is InChI=1S/C30H28N2O5S/c1-3-5-16-37-21-13-9-12-20(17-21)26-25(27(33)19-10-7-6-8-11-19)28(34)29(35)32(26)30-31-23-15-14-22(36-4-2)18-24(23)38-30/h6-15,17-18,26,33H,3-5,16H2,1-2H3/b27-25+. The van der Waals surface area contributed by atoms with Crippen molar-refractivity contribution in [2.24, 2.45) is 0 Å². The van der Waals surface area contributed by atoms with Gasteiger partial charge in [0, 0.05) is 5.56 Å². The predicted molar refractivity (Wildman–Crippen MR) is 149 cm³/mol. The second-order valence-electron chi connectivity index (χ2n) is 8.87. The van der Waals surface area contributed by atoms with Gasteiger partial charge in [-0.05, 0) is 49.2 Å². The first-order valence-corrected chi connectivity index (χ1v) is 13.5. The zero-order valence-corrected chi connectivity index (χ0v) is 22.0. The van der Waals surface area contributed by atoms with Crippen LogP contribution in [0.5, 0.6) is 11.5 Å². The van der Waals surface area contributed by atoms with Crippen molar-refractivity contribution in [2.75, 3.05) is 18.1 Å². The third-order valence-corrected chi connectivity index (χ3v) is 7.32. The highest BCUT2D eigenvalue weighted by Crippen LogP contribution is 2.45. The monoisotopic (exact) mass is 528 g/mol. The van der Waals surface area contributed by atoms with Gasteiger partial charge in [0.1, 0.15) is 17.3 Å². The second-order valence-corrected chi connectivity index (χ2v) is 9.88. The first-order valence-electron chi connectivity index (χ1n) is 12.6. The van der Waals surface area contributed by atoms with Crippen LogP contribution in [0.3, 0.4) is 0 Å². The second kappa shape index (κ2) is 11.1. The van der Waals surface area contributed by atoms with E-state index in [1.54, 1.807) is 24.3 Å². The lowest BCUT2D eigenvalue weighted by Gasteiger charge is -2.23. The number of aromatic nitrogens is 1. The summed E-state index contributed by atoms with van der Waals surface area (Å²) >= 11 is 1.30. The largest absolute Gasteiger partial charge is 0.507 e. The smallest absolute Gasteiger partial charge is 0.301 e. The molecule has 1 aliphatic rings. The molecule has 2 heterocycles. The Morgan fingerprint density at radius 3 is 2.53 bits per heavy atom. The summed E-state index contributed by atoms with van der Waals surface area (Å²) in [6.07, 6.45) is 1.91. The van der Waals surface area contributed by atoms with Crippen molar-refractivity contribution in [1.29, 1.82) is 0 Å². The van der Waals surface area contributed by atoms with Crippen LogP contribution in [0.1, 0.15) is 43.9 Å².